The number of halogens is 1. The van der Waals surface area contributed by atoms with Crippen LogP contribution in [0.3, 0.4) is 0 Å². The van der Waals surface area contributed by atoms with Gasteiger partial charge in [-0.3, -0.25) is 15.1 Å². The Morgan fingerprint density at radius 2 is 2.03 bits per heavy atom. The van der Waals surface area contributed by atoms with Crippen molar-refractivity contribution in [1.29, 1.82) is 0 Å². The number of hydrogen-bond donors (Lipinski definition) is 3. The fourth-order valence-electron chi connectivity index (χ4n) is 3.41. The van der Waals surface area contributed by atoms with Crippen LogP contribution in [0.5, 0.6) is 0 Å². The Labute approximate surface area is 177 Å². The number of thiophene rings is 1. The summed E-state index contributed by atoms with van der Waals surface area (Å²) in [4.78, 5) is 28.8. The SMILES string of the molecule is CC1NNCCN1c1ccc(N2CC(CNC(=O)c3ccc(Cl)s3)OC2=O)cc1. The molecule has 2 aromatic rings. The molecule has 29 heavy (non-hydrogen) atoms. The molecule has 2 saturated heterocycles. The van der Waals surface area contributed by atoms with Crippen LogP contribution in [0.15, 0.2) is 36.4 Å². The minimum Gasteiger partial charge on any atom is -0.442 e. The van der Waals surface area contributed by atoms with Crippen LogP contribution in [0.4, 0.5) is 16.2 Å². The molecule has 2 amide bonds. The molecule has 0 radical (unpaired) electrons. The molecule has 3 N–H and O–H groups in total. The zero-order valence-corrected chi connectivity index (χ0v) is 17.4. The van der Waals surface area contributed by atoms with Gasteiger partial charge in [0, 0.05) is 24.5 Å². The van der Waals surface area contributed by atoms with Crippen molar-refractivity contribution < 1.29 is 14.3 Å². The zero-order chi connectivity index (χ0) is 20.4. The molecule has 8 nitrogen and oxygen atoms in total. The van der Waals surface area contributed by atoms with Crippen molar-refractivity contribution in [1.82, 2.24) is 16.2 Å². The van der Waals surface area contributed by atoms with Gasteiger partial charge in [0.05, 0.1) is 28.5 Å². The summed E-state index contributed by atoms with van der Waals surface area (Å²) in [7, 11) is 0. The summed E-state index contributed by atoms with van der Waals surface area (Å²) < 4.78 is 5.96. The molecule has 3 heterocycles. The van der Waals surface area contributed by atoms with Gasteiger partial charge in [0.2, 0.25) is 0 Å². The highest BCUT2D eigenvalue weighted by Crippen LogP contribution is 2.26. The second-order valence-electron chi connectivity index (χ2n) is 6.89. The van der Waals surface area contributed by atoms with Gasteiger partial charge < -0.3 is 15.0 Å². The third-order valence-corrected chi connectivity index (χ3v) is 6.14. The van der Waals surface area contributed by atoms with Gasteiger partial charge in [-0.2, -0.15) is 0 Å². The van der Waals surface area contributed by atoms with E-state index in [-0.39, 0.29) is 18.6 Å². The topological polar surface area (TPSA) is 85.9 Å². The smallest absolute Gasteiger partial charge is 0.414 e. The molecule has 2 aliphatic rings. The lowest BCUT2D eigenvalue weighted by molar-refractivity contribution is 0.0920. The lowest BCUT2D eigenvalue weighted by Crippen LogP contribution is -2.58. The van der Waals surface area contributed by atoms with Crippen LogP contribution in [0, 0.1) is 0 Å². The number of carbonyl (C=O) groups is 2. The molecule has 154 valence electrons. The van der Waals surface area contributed by atoms with Gasteiger partial charge in [0.15, 0.2) is 0 Å². The van der Waals surface area contributed by atoms with Crippen LogP contribution in [-0.2, 0) is 4.74 Å². The number of anilines is 2. The highest BCUT2D eigenvalue weighted by molar-refractivity contribution is 7.17. The molecule has 4 rings (SSSR count). The zero-order valence-electron chi connectivity index (χ0n) is 15.9. The Bertz CT molecular complexity index is 890. The fraction of sp³-hybridized carbons (Fsp3) is 0.368. The Morgan fingerprint density at radius 3 is 2.72 bits per heavy atom. The highest BCUT2D eigenvalue weighted by Gasteiger charge is 2.32. The molecule has 1 aromatic heterocycles. The molecule has 2 unspecified atom stereocenters. The summed E-state index contributed by atoms with van der Waals surface area (Å²) in [6.07, 6.45) is -0.634. The van der Waals surface area contributed by atoms with E-state index in [1.54, 1.807) is 17.0 Å². The Hall–Kier alpha value is -2.33. The Balaban J connectivity index is 1.34. The first-order valence-electron chi connectivity index (χ1n) is 9.38. The van der Waals surface area contributed by atoms with Crippen LogP contribution < -0.4 is 26.0 Å². The van der Waals surface area contributed by atoms with E-state index in [2.05, 4.69) is 28.0 Å². The number of hydrogen-bond acceptors (Lipinski definition) is 7. The van der Waals surface area contributed by atoms with E-state index in [0.717, 1.165) is 24.5 Å². The van der Waals surface area contributed by atoms with E-state index in [9.17, 15) is 9.59 Å². The van der Waals surface area contributed by atoms with Crippen LogP contribution in [0.1, 0.15) is 16.6 Å². The van der Waals surface area contributed by atoms with E-state index in [0.29, 0.717) is 15.8 Å². The Morgan fingerprint density at radius 1 is 1.28 bits per heavy atom. The summed E-state index contributed by atoms with van der Waals surface area (Å²) in [6.45, 7) is 4.47. The number of amides is 2. The maximum Gasteiger partial charge on any atom is 0.414 e. The number of nitrogens with one attached hydrogen (secondary N) is 3. The standard InChI is InChI=1S/C19H22ClN5O3S/c1-12-23-22-8-9-24(12)13-2-4-14(5-3-13)25-11-15(28-19(25)27)10-21-18(26)16-6-7-17(20)29-16/h2-7,12,15,22-23H,8-11H2,1H3,(H,21,26). The third kappa shape index (κ3) is 4.48. The van der Waals surface area contributed by atoms with E-state index >= 15 is 0 Å². The van der Waals surface area contributed by atoms with Gasteiger partial charge in [-0.05, 0) is 43.3 Å². The molecule has 0 saturated carbocycles. The number of hydrazine groups is 1. The van der Waals surface area contributed by atoms with E-state index in [1.807, 2.05) is 24.3 Å². The number of carbonyl (C=O) groups excluding carboxylic acids is 2. The average Bonchev–Trinajstić information content (AvgIpc) is 3.32. The molecule has 1 aromatic carbocycles. The van der Waals surface area contributed by atoms with Crippen LogP contribution in [0.2, 0.25) is 4.34 Å². The van der Waals surface area contributed by atoms with Crippen molar-refractivity contribution in [3.05, 3.63) is 45.6 Å². The number of rotatable bonds is 5. The molecular weight excluding hydrogens is 414 g/mol. The van der Waals surface area contributed by atoms with Gasteiger partial charge in [-0.1, -0.05) is 11.6 Å². The van der Waals surface area contributed by atoms with Crippen LogP contribution >= 0.6 is 22.9 Å². The van der Waals surface area contributed by atoms with Gasteiger partial charge >= 0.3 is 6.09 Å². The molecule has 2 atom stereocenters. The predicted molar refractivity (Wildman–Crippen MR) is 114 cm³/mol. The van der Waals surface area contributed by atoms with Gasteiger partial charge in [0.25, 0.3) is 5.91 Å². The minimum atomic E-state index is -0.409. The maximum atomic E-state index is 12.3. The molecule has 0 spiro atoms. The number of nitrogens with zero attached hydrogens (tertiary/aromatic N) is 2. The van der Waals surface area contributed by atoms with Crippen molar-refractivity contribution in [3.63, 3.8) is 0 Å². The van der Waals surface area contributed by atoms with Crippen molar-refractivity contribution in [2.75, 3.05) is 36.0 Å². The molecule has 2 fully saturated rings. The monoisotopic (exact) mass is 435 g/mol. The van der Waals surface area contributed by atoms with Crippen molar-refractivity contribution in [2.45, 2.75) is 19.2 Å². The molecule has 10 heteroatoms. The van der Waals surface area contributed by atoms with E-state index in [1.165, 1.54) is 11.3 Å². The van der Waals surface area contributed by atoms with Gasteiger partial charge in [-0.25, -0.2) is 10.2 Å². The second kappa shape index (κ2) is 8.58. The van der Waals surface area contributed by atoms with Crippen LogP contribution in [-0.4, -0.2) is 50.4 Å². The lowest BCUT2D eigenvalue weighted by Gasteiger charge is -2.36. The summed E-state index contributed by atoms with van der Waals surface area (Å²) in [6, 6.07) is 11.2. The predicted octanol–water partition coefficient (Wildman–Crippen LogP) is 2.42. The van der Waals surface area contributed by atoms with Crippen molar-refractivity contribution >= 4 is 46.3 Å². The van der Waals surface area contributed by atoms with E-state index < -0.39 is 12.2 Å². The summed E-state index contributed by atoms with van der Waals surface area (Å²) in [5.41, 5.74) is 8.19. The van der Waals surface area contributed by atoms with Crippen molar-refractivity contribution in [3.8, 4) is 0 Å². The summed E-state index contributed by atoms with van der Waals surface area (Å²) >= 11 is 7.07. The summed E-state index contributed by atoms with van der Waals surface area (Å²) in [5, 5.41) is 2.79. The molecule has 2 aliphatic heterocycles. The number of cyclic esters (lactones) is 1. The largest absolute Gasteiger partial charge is 0.442 e. The quantitative estimate of drug-likeness (QED) is 0.668. The first kappa shape index (κ1) is 20.0. The van der Waals surface area contributed by atoms with Crippen molar-refractivity contribution in [2.24, 2.45) is 0 Å². The number of ether oxygens (including phenoxy) is 1. The first-order valence-corrected chi connectivity index (χ1v) is 10.6. The van der Waals surface area contributed by atoms with Gasteiger partial charge in [-0.15, -0.1) is 11.3 Å². The summed E-state index contributed by atoms with van der Waals surface area (Å²) in [5.74, 6) is -0.223. The van der Waals surface area contributed by atoms with Crippen LogP contribution in [0.25, 0.3) is 0 Å². The average molecular weight is 436 g/mol. The second-order valence-corrected chi connectivity index (χ2v) is 8.60. The minimum absolute atomic E-state index is 0.178. The molecular formula is C19H22ClN5O3S. The highest BCUT2D eigenvalue weighted by atomic mass is 35.5. The normalized spacial score (nSPS) is 21.9. The maximum absolute atomic E-state index is 12.3. The van der Waals surface area contributed by atoms with Gasteiger partial charge in [0.1, 0.15) is 6.10 Å². The fourth-order valence-corrected chi connectivity index (χ4v) is 4.37. The lowest BCUT2D eigenvalue weighted by atomic mass is 10.2. The number of benzene rings is 1. The molecule has 0 aliphatic carbocycles. The first-order chi connectivity index (χ1) is 14.0. The van der Waals surface area contributed by atoms with E-state index in [4.69, 9.17) is 16.3 Å². The molecule has 0 bridgehead atoms. The third-order valence-electron chi connectivity index (χ3n) is 4.91. The Kier molecular flexibility index (Phi) is 5.91.